The number of nitrogens with two attached hydrogens (primary N) is 1. The number of carbonyl (C=O) groups excluding carboxylic acids is 2. The second-order valence-electron chi connectivity index (χ2n) is 5.18. The van der Waals surface area contributed by atoms with Crippen molar-refractivity contribution < 1.29 is 9.59 Å². The van der Waals surface area contributed by atoms with Gasteiger partial charge in [0.2, 0.25) is 0 Å². The van der Waals surface area contributed by atoms with Crippen LogP contribution in [0, 0.1) is 18.3 Å². The lowest BCUT2D eigenvalue weighted by molar-refractivity contribution is -0.112. The van der Waals surface area contributed by atoms with Crippen molar-refractivity contribution in [1.82, 2.24) is 5.32 Å². The lowest BCUT2D eigenvalue weighted by atomic mass is 10.2. The first-order valence-electron chi connectivity index (χ1n) is 7.25. The summed E-state index contributed by atoms with van der Waals surface area (Å²) in [6, 6.07) is 13.0. The van der Waals surface area contributed by atoms with Gasteiger partial charge in [0.15, 0.2) is 0 Å². The minimum Gasteiger partial charge on any atom is -0.399 e. The molecule has 0 radical (unpaired) electrons. The molecule has 7 heteroatoms. The predicted octanol–water partition coefficient (Wildman–Crippen LogP) is 3.01. The highest BCUT2D eigenvalue weighted by Gasteiger charge is 2.12. The van der Waals surface area contributed by atoms with E-state index in [1.807, 2.05) is 0 Å². The molecule has 0 atom stereocenters. The second-order valence-corrected chi connectivity index (χ2v) is 5.62. The van der Waals surface area contributed by atoms with Crippen molar-refractivity contribution >= 4 is 34.8 Å². The molecule has 126 valence electrons. The van der Waals surface area contributed by atoms with E-state index in [9.17, 15) is 9.59 Å². The molecule has 0 saturated carbocycles. The Balaban J connectivity index is 2.10. The van der Waals surface area contributed by atoms with Gasteiger partial charge < -0.3 is 16.4 Å². The molecule has 0 aliphatic rings. The maximum atomic E-state index is 12.2. The lowest BCUT2D eigenvalue weighted by Gasteiger charge is -2.08. The summed E-state index contributed by atoms with van der Waals surface area (Å²) >= 11 is 5.90. The van der Waals surface area contributed by atoms with Gasteiger partial charge in [-0.15, -0.1) is 0 Å². The molecule has 0 unspecified atom stereocenters. The number of nitriles is 1. The number of anilines is 2. The third-order valence-corrected chi connectivity index (χ3v) is 3.57. The molecule has 0 bridgehead atoms. The van der Waals surface area contributed by atoms with Crippen molar-refractivity contribution in [2.45, 2.75) is 6.92 Å². The van der Waals surface area contributed by atoms with Crippen LogP contribution in [0.2, 0.25) is 5.02 Å². The molecule has 2 rings (SSSR count). The van der Waals surface area contributed by atoms with Crippen LogP contribution < -0.4 is 16.4 Å². The van der Waals surface area contributed by atoms with E-state index in [1.54, 1.807) is 55.5 Å². The van der Waals surface area contributed by atoms with Gasteiger partial charge in [-0.3, -0.25) is 9.59 Å². The molecule has 0 spiro atoms. The van der Waals surface area contributed by atoms with Gasteiger partial charge in [-0.1, -0.05) is 17.7 Å². The molecule has 2 aromatic rings. The van der Waals surface area contributed by atoms with Gasteiger partial charge in [0, 0.05) is 28.2 Å². The Morgan fingerprint density at radius 1 is 1.20 bits per heavy atom. The van der Waals surface area contributed by atoms with Gasteiger partial charge in [-0.2, -0.15) is 5.26 Å². The Labute approximate surface area is 149 Å². The quantitative estimate of drug-likeness (QED) is 0.445. The number of nitrogens with zero attached hydrogens (tertiary/aromatic N) is 1. The number of halogens is 1. The van der Waals surface area contributed by atoms with Crippen LogP contribution in [0.4, 0.5) is 11.4 Å². The summed E-state index contributed by atoms with van der Waals surface area (Å²) in [4.78, 5) is 24.2. The molecular formula is C18H15ClN4O2. The lowest BCUT2D eigenvalue weighted by Crippen LogP contribution is -2.21. The number of benzene rings is 2. The summed E-state index contributed by atoms with van der Waals surface area (Å²) in [6.07, 6.45) is 1.06. The molecule has 0 aromatic heterocycles. The van der Waals surface area contributed by atoms with E-state index < -0.39 is 11.8 Å². The van der Waals surface area contributed by atoms with Gasteiger partial charge in [0.25, 0.3) is 11.8 Å². The number of rotatable bonds is 4. The first kappa shape index (κ1) is 18.0. The second kappa shape index (κ2) is 7.99. The Kier molecular flexibility index (Phi) is 5.77. The summed E-state index contributed by atoms with van der Waals surface area (Å²) < 4.78 is 0. The van der Waals surface area contributed by atoms with Crippen LogP contribution in [0.15, 0.2) is 54.2 Å². The number of aryl methyl sites for hydroxylation is 1. The van der Waals surface area contributed by atoms with Crippen LogP contribution in [0.3, 0.4) is 0 Å². The van der Waals surface area contributed by atoms with Gasteiger partial charge in [-0.05, 0) is 48.9 Å². The number of hydrogen-bond donors (Lipinski definition) is 3. The highest BCUT2D eigenvalue weighted by Crippen LogP contribution is 2.20. The molecule has 6 nitrogen and oxygen atoms in total. The van der Waals surface area contributed by atoms with Gasteiger partial charge in [0.1, 0.15) is 11.6 Å². The smallest absolute Gasteiger partial charge is 0.267 e. The topological polar surface area (TPSA) is 108 Å². The van der Waals surface area contributed by atoms with E-state index in [4.69, 9.17) is 22.6 Å². The zero-order valence-corrected chi connectivity index (χ0v) is 14.1. The highest BCUT2D eigenvalue weighted by molar-refractivity contribution is 6.31. The zero-order chi connectivity index (χ0) is 18.4. The normalized spacial score (nSPS) is 10.7. The SMILES string of the molecule is Cc1ccc(Cl)cc1NC(=O)/C(C#N)=C\NC(=O)c1ccc(N)cc1. The predicted molar refractivity (Wildman–Crippen MR) is 96.8 cm³/mol. The van der Waals surface area contributed by atoms with E-state index in [1.165, 1.54) is 0 Å². The summed E-state index contributed by atoms with van der Waals surface area (Å²) in [5.41, 5.74) is 7.48. The van der Waals surface area contributed by atoms with Gasteiger partial charge in [0.05, 0.1) is 0 Å². The number of amides is 2. The summed E-state index contributed by atoms with van der Waals surface area (Å²) in [6.45, 7) is 1.80. The monoisotopic (exact) mass is 354 g/mol. The maximum absolute atomic E-state index is 12.2. The van der Waals surface area contributed by atoms with E-state index in [2.05, 4.69) is 10.6 Å². The Morgan fingerprint density at radius 3 is 2.52 bits per heavy atom. The number of nitrogen functional groups attached to an aromatic ring is 1. The average molecular weight is 355 g/mol. The van der Waals surface area contributed by atoms with Crippen molar-refractivity contribution in [2.24, 2.45) is 0 Å². The first-order valence-corrected chi connectivity index (χ1v) is 7.62. The standard InChI is InChI=1S/C18H15ClN4O2/c1-11-2-5-14(19)8-16(11)23-18(25)13(9-20)10-22-17(24)12-3-6-15(21)7-4-12/h2-8,10H,21H2,1H3,(H,22,24)(H,23,25)/b13-10-. The average Bonchev–Trinajstić information content (AvgIpc) is 2.59. The van der Waals surface area contributed by atoms with Crippen molar-refractivity contribution in [3.05, 3.63) is 70.4 Å². The first-order chi connectivity index (χ1) is 11.9. The fourth-order valence-electron chi connectivity index (χ4n) is 1.92. The molecule has 0 aliphatic carbocycles. The van der Waals surface area contributed by atoms with Crippen LogP contribution in [-0.4, -0.2) is 11.8 Å². The Hall–Kier alpha value is -3.30. The van der Waals surface area contributed by atoms with Crippen LogP contribution in [0.25, 0.3) is 0 Å². The van der Waals surface area contributed by atoms with Gasteiger partial charge in [-0.25, -0.2) is 0 Å². The number of hydrogen-bond acceptors (Lipinski definition) is 4. The third-order valence-electron chi connectivity index (χ3n) is 3.33. The van der Waals surface area contributed by atoms with Crippen molar-refractivity contribution in [3.63, 3.8) is 0 Å². The molecule has 2 aromatic carbocycles. The van der Waals surface area contributed by atoms with Gasteiger partial charge >= 0.3 is 0 Å². The minimum absolute atomic E-state index is 0.247. The van der Waals surface area contributed by atoms with E-state index in [0.29, 0.717) is 22.0 Å². The molecule has 0 aliphatic heterocycles. The maximum Gasteiger partial charge on any atom is 0.267 e. The summed E-state index contributed by atoms with van der Waals surface area (Å²) in [5, 5.41) is 14.6. The fourth-order valence-corrected chi connectivity index (χ4v) is 2.09. The Morgan fingerprint density at radius 2 is 1.88 bits per heavy atom. The zero-order valence-electron chi connectivity index (χ0n) is 13.3. The minimum atomic E-state index is -0.648. The van der Waals surface area contributed by atoms with Crippen LogP contribution in [0.1, 0.15) is 15.9 Å². The van der Waals surface area contributed by atoms with Crippen molar-refractivity contribution in [1.29, 1.82) is 5.26 Å². The molecule has 0 saturated heterocycles. The number of carbonyl (C=O) groups is 2. The van der Waals surface area contributed by atoms with Crippen LogP contribution in [-0.2, 0) is 4.79 Å². The molecule has 4 N–H and O–H groups in total. The van der Waals surface area contributed by atoms with E-state index in [-0.39, 0.29) is 5.57 Å². The van der Waals surface area contributed by atoms with E-state index in [0.717, 1.165) is 11.8 Å². The summed E-state index contributed by atoms with van der Waals surface area (Å²) in [5.74, 6) is -1.11. The van der Waals surface area contributed by atoms with Crippen molar-refractivity contribution in [3.8, 4) is 6.07 Å². The highest BCUT2D eigenvalue weighted by atomic mass is 35.5. The van der Waals surface area contributed by atoms with Crippen LogP contribution >= 0.6 is 11.6 Å². The Bertz CT molecular complexity index is 883. The van der Waals surface area contributed by atoms with Crippen LogP contribution in [0.5, 0.6) is 0 Å². The molecule has 2 amide bonds. The fraction of sp³-hybridized carbons (Fsp3) is 0.0556. The summed E-state index contributed by atoms with van der Waals surface area (Å²) in [7, 11) is 0. The number of nitrogens with one attached hydrogen (secondary N) is 2. The molecular weight excluding hydrogens is 340 g/mol. The van der Waals surface area contributed by atoms with Crippen molar-refractivity contribution in [2.75, 3.05) is 11.1 Å². The largest absolute Gasteiger partial charge is 0.399 e. The third kappa shape index (κ3) is 4.83. The molecule has 0 fully saturated rings. The van der Waals surface area contributed by atoms with E-state index >= 15 is 0 Å². The molecule has 25 heavy (non-hydrogen) atoms. The molecule has 0 heterocycles.